The highest BCUT2D eigenvalue weighted by Crippen LogP contribution is 2.25. The van der Waals surface area contributed by atoms with Crippen LogP contribution in [0.5, 0.6) is 0 Å². The lowest BCUT2D eigenvalue weighted by molar-refractivity contribution is -0.164. The second kappa shape index (κ2) is 6.22. The van der Waals surface area contributed by atoms with Crippen molar-refractivity contribution in [1.82, 2.24) is 0 Å². The molecule has 1 aromatic rings. The molecule has 0 saturated heterocycles. The Morgan fingerprint density at radius 1 is 1.12 bits per heavy atom. The number of carbonyl (C=O) groups excluding carboxylic acids is 1. The van der Waals surface area contributed by atoms with Gasteiger partial charge in [0, 0.05) is 6.42 Å². The number of halogens is 4. The standard InChI is InChI=1S/C11H10F4O2/c12-9(13)6-8(17-11(16)10(14)15)7-4-2-1-3-5-7/h1-5,8-10H,6H2. The molecule has 1 atom stereocenters. The van der Waals surface area contributed by atoms with Gasteiger partial charge in [-0.1, -0.05) is 30.3 Å². The van der Waals surface area contributed by atoms with Crippen molar-refractivity contribution in [3.05, 3.63) is 35.9 Å². The summed E-state index contributed by atoms with van der Waals surface area (Å²) in [4.78, 5) is 10.7. The van der Waals surface area contributed by atoms with E-state index in [9.17, 15) is 22.4 Å². The molecular formula is C11H10F4O2. The van der Waals surface area contributed by atoms with Gasteiger partial charge in [0.1, 0.15) is 6.10 Å². The Morgan fingerprint density at radius 3 is 2.18 bits per heavy atom. The molecule has 0 spiro atoms. The Bertz CT molecular complexity index is 354. The predicted molar refractivity (Wildman–Crippen MR) is 51.9 cm³/mol. The Labute approximate surface area is 95.2 Å². The summed E-state index contributed by atoms with van der Waals surface area (Å²) in [5, 5.41) is 0. The van der Waals surface area contributed by atoms with Crippen molar-refractivity contribution in [3.8, 4) is 0 Å². The highest BCUT2D eigenvalue weighted by molar-refractivity contribution is 5.73. The van der Waals surface area contributed by atoms with Gasteiger partial charge in [-0.25, -0.2) is 13.6 Å². The zero-order valence-corrected chi connectivity index (χ0v) is 8.65. The van der Waals surface area contributed by atoms with Crippen molar-refractivity contribution in [1.29, 1.82) is 0 Å². The largest absolute Gasteiger partial charge is 0.453 e. The minimum absolute atomic E-state index is 0.266. The maximum Gasteiger partial charge on any atom is 0.374 e. The molecule has 0 bridgehead atoms. The second-order valence-electron chi connectivity index (χ2n) is 3.26. The first kappa shape index (κ1) is 13.5. The first-order valence-electron chi connectivity index (χ1n) is 4.82. The van der Waals surface area contributed by atoms with Gasteiger partial charge >= 0.3 is 12.4 Å². The maximum absolute atomic E-state index is 12.2. The summed E-state index contributed by atoms with van der Waals surface area (Å²) in [5.74, 6) is -1.79. The van der Waals surface area contributed by atoms with Crippen LogP contribution in [0.4, 0.5) is 17.6 Å². The molecule has 2 nitrogen and oxygen atoms in total. The lowest BCUT2D eigenvalue weighted by Crippen LogP contribution is -2.19. The van der Waals surface area contributed by atoms with E-state index in [4.69, 9.17) is 0 Å². The third kappa shape index (κ3) is 4.42. The molecule has 1 unspecified atom stereocenters. The zero-order chi connectivity index (χ0) is 12.8. The van der Waals surface area contributed by atoms with Crippen molar-refractivity contribution in [2.24, 2.45) is 0 Å². The van der Waals surface area contributed by atoms with E-state index < -0.39 is 31.3 Å². The van der Waals surface area contributed by atoms with Crippen LogP contribution in [0.2, 0.25) is 0 Å². The summed E-state index contributed by atoms with van der Waals surface area (Å²) in [6, 6.07) is 7.60. The molecule has 0 aliphatic carbocycles. The minimum Gasteiger partial charge on any atom is -0.453 e. The van der Waals surface area contributed by atoms with Crippen LogP contribution < -0.4 is 0 Å². The van der Waals surface area contributed by atoms with Gasteiger partial charge in [0.25, 0.3) is 0 Å². The Kier molecular flexibility index (Phi) is 4.93. The highest BCUT2D eigenvalue weighted by atomic mass is 19.3. The SMILES string of the molecule is O=C(OC(CC(F)F)c1ccccc1)C(F)F. The van der Waals surface area contributed by atoms with E-state index in [1.54, 1.807) is 18.2 Å². The number of ether oxygens (including phenoxy) is 1. The Hall–Kier alpha value is -1.59. The molecule has 0 fully saturated rings. The molecule has 6 heteroatoms. The quantitative estimate of drug-likeness (QED) is 0.592. The summed E-state index contributed by atoms with van der Waals surface area (Å²) in [6.45, 7) is 0. The summed E-state index contributed by atoms with van der Waals surface area (Å²) < 4.78 is 52.8. The number of carbonyl (C=O) groups is 1. The van der Waals surface area contributed by atoms with Crippen LogP contribution in [0.25, 0.3) is 0 Å². The van der Waals surface area contributed by atoms with E-state index >= 15 is 0 Å². The first-order valence-corrected chi connectivity index (χ1v) is 4.82. The summed E-state index contributed by atoms with van der Waals surface area (Å²) in [6.07, 6.45) is -8.22. The molecule has 0 saturated carbocycles. The van der Waals surface area contributed by atoms with Gasteiger partial charge in [0.2, 0.25) is 6.43 Å². The van der Waals surface area contributed by atoms with Crippen molar-refractivity contribution in [3.63, 3.8) is 0 Å². The fraction of sp³-hybridized carbons (Fsp3) is 0.364. The lowest BCUT2D eigenvalue weighted by atomic mass is 10.1. The van der Waals surface area contributed by atoms with E-state index in [1.807, 2.05) is 0 Å². The van der Waals surface area contributed by atoms with Crippen molar-refractivity contribution in [2.45, 2.75) is 25.4 Å². The minimum atomic E-state index is -3.32. The van der Waals surface area contributed by atoms with E-state index in [2.05, 4.69) is 4.74 Å². The number of hydrogen-bond donors (Lipinski definition) is 0. The summed E-state index contributed by atoms with van der Waals surface area (Å²) >= 11 is 0. The smallest absolute Gasteiger partial charge is 0.374 e. The van der Waals surface area contributed by atoms with Gasteiger partial charge in [-0.3, -0.25) is 0 Å². The number of benzene rings is 1. The molecular weight excluding hydrogens is 240 g/mol. The van der Waals surface area contributed by atoms with Gasteiger partial charge < -0.3 is 4.74 Å². The fourth-order valence-corrected chi connectivity index (χ4v) is 1.27. The van der Waals surface area contributed by atoms with Gasteiger partial charge in [-0.05, 0) is 5.56 Å². The van der Waals surface area contributed by atoms with E-state index in [0.29, 0.717) is 0 Å². The topological polar surface area (TPSA) is 26.3 Å². The second-order valence-corrected chi connectivity index (χ2v) is 3.26. The summed E-state index contributed by atoms with van der Waals surface area (Å²) in [5.41, 5.74) is 0.266. The average molecular weight is 250 g/mol. The van der Waals surface area contributed by atoms with Crippen LogP contribution >= 0.6 is 0 Å². The van der Waals surface area contributed by atoms with Crippen LogP contribution in [0.1, 0.15) is 18.1 Å². The molecule has 0 radical (unpaired) electrons. The number of rotatable bonds is 5. The zero-order valence-electron chi connectivity index (χ0n) is 8.65. The average Bonchev–Trinajstić information content (AvgIpc) is 2.28. The van der Waals surface area contributed by atoms with Gasteiger partial charge in [-0.2, -0.15) is 8.78 Å². The molecule has 0 amide bonds. The van der Waals surface area contributed by atoms with E-state index in [0.717, 1.165) is 0 Å². The van der Waals surface area contributed by atoms with Crippen molar-refractivity contribution >= 4 is 5.97 Å². The number of alkyl halides is 4. The number of esters is 1. The Balaban J connectivity index is 2.78. The third-order valence-corrected chi connectivity index (χ3v) is 2.00. The van der Waals surface area contributed by atoms with Gasteiger partial charge in [0.05, 0.1) is 0 Å². The van der Waals surface area contributed by atoms with Crippen LogP contribution in [0, 0.1) is 0 Å². The normalized spacial score (nSPS) is 12.8. The van der Waals surface area contributed by atoms with Crippen LogP contribution in [-0.4, -0.2) is 18.8 Å². The Morgan fingerprint density at radius 2 is 1.71 bits per heavy atom. The highest BCUT2D eigenvalue weighted by Gasteiger charge is 2.25. The monoisotopic (exact) mass is 250 g/mol. The molecule has 0 aromatic heterocycles. The first-order chi connectivity index (χ1) is 8.00. The molecule has 0 heterocycles. The van der Waals surface area contributed by atoms with Crippen LogP contribution in [-0.2, 0) is 9.53 Å². The van der Waals surface area contributed by atoms with Crippen molar-refractivity contribution < 1.29 is 27.1 Å². The lowest BCUT2D eigenvalue weighted by Gasteiger charge is -2.17. The van der Waals surface area contributed by atoms with Gasteiger partial charge in [0.15, 0.2) is 0 Å². The molecule has 0 aliphatic heterocycles. The van der Waals surface area contributed by atoms with Crippen LogP contribution in [0.15, 0.2) is 30.3 Å². The molecule has 17 heavy (non-hydrogen) atoms. The van der Waals surface area contributed by atoms with Crippen molar-refractivity contribution in [2.75, 3.05) is 0 Å². The van der Waals surface area contributed by atoms with E-state index in [-0.39, 0.29) is 5.56 Å². The maximum atomic E-state index is 12.2. The molecule has 0 aliphatic rings. The molecule has 94 valence electrons. The van der Waals surface area contributed by atoms with E-state index in [1.165, 1.54) is 12.1 Å². The number of hydrogen-bond acceptors (Lipinski definition) is 2. The van der Waals surface area contributed by atoms with Crippen LogP contribution in [0.3, 0.4) is 0 Å². The molecule has 0 N–H and O–H groups in total. The third-order valence-electron chi connectivity index (χ3n) is 2.00. The fourth-order valence-electron chi connectivity index (χ4n) is 1.27. The van der Waals surface area contributed by atoms with Gasteiger partial charge in [-0.15, -0.1) is 0 Å². The summed E-state index contributed by atoms with van der Waals surface area (Å²) in [7, 11) is 0. The predicted octanol–water partition coefficient (Wildman–Crippen LogP) is 3.19. The molecule has 1 aromatic carbocycles. The molecule has 1 rings (SSSR count).